The average Bonchev–Trinajstić information content (AvgIpc) is 2.30. The van der Waals surface area contributed by atoms with Gasteiger partial charge in [-0.15, -0.1) is 0 Å². The molecule has 0 aliphatic carbocycles. The molecule has 1 aromatic heterocycles. The summed E-state index contributed by atoms with van der Waals surface area (Å²) < 4.78 is 24.8. The van der Waals surface area contributed by atoms with Gasteiger partial charge in [-0.25, -0.2) is 13.8 Å². The third-order valence-electron chi connectivity index (χ3n) is 2.77. The van der Waals surface area contributed by atoms with Gasteiger partial charge in [0.2, 0.25) is 6.43 Å². The Bertz CT molecular complexity index is 297. The molecule has 0 radical (unpaired) electrons. The van der Waals surface area contributed by atoms with E-state index in [-0.39, 0.29) is 0 Å². The summed E-state index contributed by atoms with van der Waals surface area (Å²) in [6.07, 6.45) is 3.78. The van der Waals surface area contributed by atoms with Crippen molar-refractivity contribution >= 4 is 5.82 Å². The van der Waals surface area contributed by atoms with E-state index in [4.69, 9.17) is 0 Å². The van der Waals surface area contributed by atoms with E-state index in [0.717, 1.165) is 5.82 Å². The van der Waals surface area contributed by atoms with Gasteiger partial charge in [0, 0.05) is 31.4 Å². The fourth-order valence-corrected chi connectivity index (χ4v) is 1.84. The van der Waals surface area contributed by atoms with Crippen molar-refractivity contribution in [3.05, 3.63) is 18.6 Å². The lowest BCUT2D eigenvalue weighted by atomic mass is 9.97. The van der Waals surface area contributed by atoms with Crippen LogP contribution in [0.4, 0.5) is 14.6 Å². The fraction of sp³-hybridized carbons (Fsp3) is 0.600. The van der Waals surface area contributed by atoms with Crippen molar-refractivity contribution in [2.75, 3.05) is 18.0 Å². The smallest absolute Gasteiger partial charge is 0.241 e. The third kappa shape index (κ3) is 2.40. The minimum absolute atomic E-state index is 0.446. The Morgan fingerprint density at radius 3 is 2.53 bits per heavy atom. The summed E-state index contributed by atoms with van der Waals surface area (Å²) in [6, 6.07) is 0. The van der Waals surface area contributed by atoms with Crippen molar-refractivity contribution in [3.63, 3.8) is 0 Å². The maximum atomic E-state index is 12.4. The first kappa shape index (κ1) is 10.3. The highest BCUT2D eigenvalue weighted by molar-refractivity contribution is 5.35. The van der Waals surface area contributed by atoms with E-state index in [9.17, 15) is 8.78 Å². The van der Waals surface area contributed by atoms with Gasteiger partial charge in [-0.2, -0.15) is 0 Å². The normalized spacial score (nSPS) is 18.5. The molecule has 1 aliphatic heterocycles. The lowest BCUT2D eigenvalue weighted by molar-refractivity contribution is 0.0635. The number of hydrogen-bond donors (Lipinski definition) is 0. The highest BCUT2D eigenvalue weighted by Gasteiger charge is 2.26. The second-order valence-electron chi connectivity index (χ2n) is 3.72. The molecule has 5 heteroatoms. The maximum Gasteiger partial charge on any atom is 0.241 e. The third-order valence-corrected chi connectivity index (χ3v) is 2.77. The zero-order valence-corrected chi connectivity index (χ0v) is 8.31. The second kappa shape index (κ2) is 4.51. The molecule has 15 heavy (non-hydrogen) atoms. The fourth-order valence-electron chi connectivity index (χ4n) is 1.84. The molecule has 1 saturated heterocycles. The summed E-state index contributed by atoms with van der Waals surface area (Å²) in [5.74, 6) is 0.336. The molecule has 1 fully saturated rings. The Balaban J connectivity index is 1.94. The van der Waals surface area contributed by atoms with Gasteiger partial charge in [0.1, 0.15) is 5.82 Å². The lowest BCUT2D eigenvalue weighted by Gasteiger charge is -2.31. The first-order chi connectivity index (χ1) is 7.27. The summed E-state index contributed by atoms with van der Waals surface area (Å²) >= 11 is 0. The molecule has 0 spiro atoms. The van der Waals surface area contributed by atoms with E-state index >= 15 is 0 Å². The molecule has 2 rings (SSSR count). The number of rotatable bonds is 2. The Morgan fingerprint density at radius 2 is 2.00 bits per heavy atom. The number of hydrogen-bond acceptors (Lipinski definition) is 3. The zero-order valence-electron chi connectivity index (χ0n) is 8.31. The van der Waals surface area contributed by atoms with Crippen LogP contribution in [-0.2, 0) is 0 Å². The topological polar surface area (TPSA) is 29.0 Å². The molecule has 0 unspecified atom stereocenters. The number of anilines is 1. The second-order valence-corrected chi connectivity index (χ2v) is 3.72. The summed E-state index contributed by atoms with van der Waals surface area (Å²) in [5.41, 5.74) is 0. The number of halogens is 2. The molecule has 0 aromatic carbocycles. The first-order valence-corrected chi connectivity index (χ1v) is 5.06. The molecule has 0 atom stereocenters. The zero-order chi connectivity index (χ0) is 10.7. The molecule has 2 heterocycles. The molecule has 0 N–H and O–H groups in total. The van der Waals surface area contributed by atoms with Gasteiger partial charge < -0.3 is 4.90 Å². The number of piperidine rings is 1. The van der Waals surface area contributed by atoms with Crippen molar-refractivity contribution < 1.29 is 8.78 Å². The monoisotopic (exact) mass is 213 g/mol. The van der Waals surface area contributed by atoms with Gasteiger partial charge >= 0.3 is 0 Å². The summed E-state index contributed by atoms with van der Waals surface area (Å²) in [7, 11) is 0. The molecule has 0 saturated carbocycles. The Morgan fingerprint density at radius 1 is 1.27 bits per heavy atom. The van der Waals surface area contributed by atoms with E-state index in [0.29, 0.717) is 25.9 Å². The Kier molecular flexibility index (Phi) is 3.08. The van der Waals surface area contributed by atoms with E-state index < -0.39 is 12.3 Å². The summed E-state index contributed by atoms with van der Waals surface area (Å²) in [5, 5.41) is 0. The number of nitrogens with zero attached hydrogens (tertiary/aromatic N) is 3. The van der Waals surface area contributed by atoms with Crippen LogP contribution < -0.4 is 4.90 Å². The van der Waals surface area contributed by atoms with E-state index in [1.165, 1.54) is 0 Å². The SMILES string of the molecule is FC(F)C1CCN(c2cnccn2)CC1. The molecule has 3 nitrogen and oxygen atoms in total. The standard InChI is InChI=1S/C10H13F2N3/c11-10(12)8-1-5-15(6-2-8)9-7-13-3-4-14-9/h3-4,7-8,10H,1-2,5-6H2. The van der Waals surface area contributed by atoms with Crippen molar-refractivity contribution in [3.8, 4) is 0 Å². The van der Waals surface area contributed by atoms with Gasteiger partial charge in [0.05, 0.1) is 6.20 Å². The van der Waals surface area contributed by atoms with Crippen LogP contribution in [0.15, 0.2) is 18.6 Å². The Labute approximate surface area is 87.1 Å². The molecule has 0 amide bonds. The molecule has 1 aliphatic rings. The quantitative estimate of drug-likeness (QED) is 0.752. The van der Waals surface area contributed by atoms with Crippen LogP contribution in [0, 0.1) is 5.92 Å². The Hall–Kier alpha value is -1.26. The maximum absolute atomic E-state index is 12.4. The largest absolute Gasteiger partial charge is 0.355 e. The predicted molar refractivity (Wildman–Crippen MR) is 53.0 cm³/mol. The highest BCUT2D eigenvalue weighted by Crippen LogP contribution is 2.25. The van der Waals surface area contributed by atoms with Gasteiger partial charge in [0.25, 0.3) is 0 Å². The van der Waals surface area contributed by atoms with Crippen molar-refractivity contribution in [1.29, 1.82) is 0 Å². The van der Waals surface area contributed by atoms with Crippen LogP contribution >= 0.6 is 0 Å². The van der Waals surface area contributed by atoms with Crippen molar-refractivity contribution in [1.82, 2.24) is 9.97 Å². The van der Waals surface area contributed by atoms with Gasteiger partial charge in [-0.1, -0.05) is 0 Å². The van der Waals surface area contributed by atoms with Crippen molar-refractivity contribution in [2.45, 2.75) is 19.3 Å². The van der Waals surface area contributed by atoms with E-state index in [1.54, 1.807) is 18.6 Å². The predicted octanol–water partition coefficient (Wildman–Crippen LogP) is 1.96. The van der Waals surface area contributed by atoms with Gasteiger partial charge in [0.15, 0.2) is 0 Å². The minimum atomic E-state index is -2.19. The lowest BCUT2D eigenvalue weighted by Crippen LogP contribution is -2.36. The summed E-state index contributed by atoms with van der Waals surface area (Å²) in [6.45, 7) is 1.29. The summed E-state index contributed by atoms with van der Waals surface area (Å²) in [4.78, 5) is 10.1. The van der Waals surface area contributed by atoms with Crippen LogP contribution in [0.25, 0.3) is 0 Å². The van der Waals surface area contributed by atoms with Crippen LogP contribution in [0.2, 0.25) is 0 Å². The molecule has 0 bridgehead atoms. The number of aromatic nitrogens is 2. The van der Waals surface area contributed by atoms with E-state index in [2.05, 4.69) is 9.97 Å². The molecule has 82 valence electrons. The van der Waals surface area contributed by atoms with Crippen LogP contribution in [0.1, 0.15) is 12.8 Å². The molecular formula is C10H13F2N3. The van der Waals surface area contributed by atoms with Gasteiger partial charge in [-0.05, 0) is 12.8 Å². The average molecular weight is 213 g/mol. The van der Waals surface area contributed by atoms with E-state index in [1.807, 2.05) is 4.90 Å². The van der Waals surface area contributed by atoms with Gasteiger partial charge in [-0.3, -0.25) is 4.98 Å². The molecule has 1 aromatic rings. The first-order valence-electron chi connectivity index (χ1n) is 5.06. The number of alkyl halides is 2. The van der Waals surface area contributed by atoms with Crippen LogP contribution in [0.5, 0.6) is 0 Å². The molecular weight excluding hydrogens is 200 g/mol. The highest BCUT2D eigenvalue weighted by atomic mass is 19.3. The van der Waals surface area contributed by atoms with Crippen LogP contribution in [-0.4, -0.2) is 29.5 Å². The minimum Gasteiger partial charge on any atom is -0.355 e. The van der Waals surface area contributed by atoms with Crippen molar-refractivity contribution in [2.24, 2.45) is 5.92 Å². The van der Waals surface area contributed by atoms with Crippen LogP contribution in [0.3, 0.4) is 0 Å².